The molecule has 2 aliphatic rings. The van der Waals surface area contributed by atoms with Crippen molar-refractivity contribution in [2.24, 2.45) is 5.92 Å². The molecule has 0 unspecified atom stereocenters. The maximum atomic E-state index is 13.5. The molecule has 2 atom stereocenters. The first-order valence-electron chi connectivity index (χ1n) is 12.4. The van der Waals surface area contributed by atoms with Gasteiger partial charge < -0.3 is 19.9 Å². The number of aromatic nitrogens is 3. The quantitative estimate of drug-likeness (QED) is 0.561. The first-order valence-corrected chi connectivity index (χ1v) is 12.4. The molecule has 2 N–H and O–H groups in total. The van der Waals surface area contributed by atoms with E-state index in [2.05, 4.69) is 10.3 Å². The van der Waals surface area contributed by atoms with Gasteiger partial charge in [-0.25, -0.2) is 9.37 Å². The molecule has 2 fully saturated rings. The number of carbonyl (C=O) groups is 1. The van der Waals surface area contributed by atoms with E-state index in [0.717, 1.165) is 18.4 Å². The van der Waals surface area contributed by atoms with Crippen molar-refractivity contribution in [3.05, 3.63) is 64.8 Å². The molecule has 5 rings (SSSR count). The van der Waals surface area contributed by atoms with E-state index in [0.29, 0.717) is 50.2 Å². The smallest absolute Gasteiger partial charge is 0.262 e. The summed E-state index contributed by atoms with van der Waals surface area (Å²) in [6.07, 6.45) is 5.13. The number of aliphatic hydroxyl groups is 1. The second kappa shape index (κ2) is 9.91. The van der Waals surface area contributed by atoms with Crippen LogP contribution in [-0.2, 0) is 17.9 Å². The Balaban J connectivity index is 1.25. The summed E-state index contributed by atoms with van der Waals surface area (Å²) in [4.78, 5) is 32.6. The number of carbonyl (C=O) groups excluding carboxylic acids is 1. The highest BCUT2D eigenvalue weighted by Gasteiger charge is 2.48. The van der Waals surface area contributed by atoms with Crippen LogP contribution < -0.4 is 10.9 Å². The molecular weight excluding hydrogens is 449 g/mol. The Labute approximate surface area is 203 Å². The Kier molecular flexibility index (Phi) is 6.71. The van der Waals surface area contributed by atoms with Crippen molar-refractivity contribution in [3.8, 4) is 0 Å². The third-order valence-corrected chi connectivity index (χ3v) is 7.61. The van der Waals surface area contributed by atoms with Crippen molar-refractivity contribution < 1.29 is 14.3 Å². The first kappa shape index (κ1) is 23.7. The van der Waals surface area contributed by atoms with E-state index >= 15 is 0 Å². The van der Waals surface area contributed by atoms with Crippen LogP contribution in [0.1, 0.15) is 30.7 Å². The SMILES string of the molecule is O=C(N1CCC(Cn2cnc3c(ccn3CCF)c2=O)CC1)[C@@]1(O)CCNC[C@H]1c1ccccc1. The van der Waals surface area contributed by atoms with Crippen LogP contribution in [0.25, 0.3) is 11.0 Å². The summed E-state index contributed by atoms with van der Waals surface area (Å²) in [6.45, 7) is 2.47. The monoisotopic (exact) mass is 481 g/mol. The fourth-order valence-electron chi connectivity index (χ4n) is 5.58. The minimum atomic E-state index is -1.42. The largest absolute Gasteiger partial charge is 0.379 e. The van der Waals surface area contributed by atoms with Gasteiger partial charge in [-0.15, -0.1) is 0 Å². The van der Waals surface area contributed by atoms with Crippen molar-refractivity contribution in [1.29, 1.82) is 0 Å². The van der Waals surface area contributed by atoms with Crippen LogP contribution in [0.5, 0.6) is 0 Å². The van der Waals surface area contributed by atoms with Crippen molar-refractivity contribution in [2.45, 2.75) is 43.9 Å². The zero-order chi connectivity index (χ0) is 24.4. The highest BCUT2D eigenvalue weighted by atomic mass is 19.1. The number of piperidine rings is 2. The number of alkyl halides is 1. The van der Waals surface area contributed by atoms with E-state index in [9.17, 15) is 19.1 Å². The van der Waals surface area contributed by atoms with Gasteiger partial charge in [-0.1, -0.05) is 30.3 Å². The van der Waals surface area contributed by atoms with Gasteiger partial charge in [0, 0.05) is 38.3 Å². The Morgan fingerprint density at radius 1 is 1.17 bits per heavy atom. The van der Waals surface area contributed by atoms with E-state index in [-0.39, 0.29) is 29.8 Å². The Morgan fingerprint density at radius 3 is 2.69 bits per heavy atom. The number of hydrogen-bond donors (Lipinski definition) is 2. The summed E-state index contributed by atoms with van der Waals surface area (Å²) in [5.74, 6) is -0.249. The number of nitrogens with one attached hydrogen (secondary N) is 1. The number of rotatable bonds is 6. The molecule has 2 aliphatic heterocycles. The van der Waals surface area contributed by atoms with E-state index in [4.69, 9.17) is 0 Å². The standard InChI is InChI=1S/C26H32FN5O3/c27-10-15-30-14-8-21-23(30)29-18-32(24(21)33)17-19-6-12-31(13-7-19)25(34)26(35)9-11-28-16-22(26)20-4-2-1-3-5-20/h1-5,8,14,18-19,22,28,35H,6-7,9-13,15-17H2/t22-,26+/m0/s1. The highest BCUT2D eigenvalue weighted by molar-refractivity contribution is 5.86. The van der Waals surface area contributed by atoms with Crippen LogP contribution in [0.15, 0.2) is 53.7 Å². The average Bonchev–Trinajstić information content (AvgIpc) is 3.30. The predicted molar refractivity (Wildman–Crippen MR) is 131 cm³/mol. The van der Waals surface area contributed by atoms with Crippen LogP contribution in [0, 0.1) is 5.92 Å². The lowest BCUT2D eigenvalue weighted by molar-refractivity contribution is -0.158. The van der Waals surface area contributed by atoms with Gasteiger partial charge in [0.05, 0.1) is 18.3 Å². The van der Waals surface area contributed by atoms with Gasteiger partial charge in [0.2, 0.25) is 0 Å². The molecule has 4 heterocycles. The third kappa shape index (κ3) is 4.50. The fourth-order valence-corrected chi connectivity index (χ4v) is 5.58. The van der Waals surface area contributed by atoms with Crippen LogP contribution in [0.4, 0.5) is 4.39 Å². The number of fused-ring (bicyclic) bond motifs is 1. The first-order chi connectivity index (χ1) is 17.0. The normalized spacial score (nSPS) is 23.6. The number of halogens is 1. The minimum Gasteiger partial charge on any atom is -0.379 e. The van der Waals surface area contributed by atoms with Crippen LogP contribution in [0.2, 0.25) is 0 Å². The van der Waals surface area contributed by atoms with Crippen molar-refractivity contribution in [2.75, 3.05) is 32.9 Å². The van der Waals surface area contributed by atoms with E-state index in [1.807, 2.05) is 30.3 Å². The maximum Gasteiger partial charge on any atom is 0.262 e. The number of aryl methyl sites for hydroxylation is 1. The van der Waals surface area contributed by atoms with E-state index in [1.54, 1.807) is 32.6 Å². The second-order valence-electron chi connectivity index (χ2n) is 9.71. The molecule has 0 spiro atoms. The average molecular weight is 482 g/mol. The lowest BCUT2D eigenvalue weighted by Crippen LogP contribution is -2.59. The zero-order valence-corrected chi connectivity index (χ0v) is 19.8. The molecule has 3 aromatic rings. The number of hydrogen-bond acceptors (Lipinski definition) is 5. The summed E-state index contributed by atoms with van der Waals surface area (Å²) in [7, 11) is 0. The van der Waals surface area contributed by atoms with Gasteiger partial charge in [0.25, 0.3) is 11.5 Å². The lowest BCUT2D eigenvalue weighted by Gasteiger charge is -2.43. The molecule has 2 aromatic heterocycles. The Bertz CT molecular complexity index is 1230. The summed E-state index contributed by atoms with van der Waals surface area (Å²) in [6, 6.07) is 11.4. The fraction of sp³-hybridized carbons (Fsp3) is 0.500. The zero-order valence-electron chi connectivity index (χ0n) is 19.8. The third-order valence-electron chi connectivity index (χ3n) is 7.61. The van der Waals surface area contributed by atoms with Crippen LogP contribution >= 0.6 is 0 Å². The van der Waals surface area contributed by atoms with Gasteiger partial charge in [-0.3, -0.25) is 14.2 Å². The van der Waals surface area contributed by atoms with Crippen molar-refractivity contribution in [1.82, 2.24) is 24.3 Å². The molecule has 0 radical (unpaired) electrons. The van der Waals surface area contributed by atoms with Crippen LogP contribution in [-0.4, -0.2) is 68.5 Å². The van der Waals surface area contributed by atoms with Gasteiger partial charge >= 0.3 is 0 Å². The van der Waals surface area contributed by atoms with E-state index < -0.39 is 12.3 Å². The van der Waals surface area contributed by atoms with Gasteiger partial charge in [0.15, 0.2) is 5.60 Å². The molecule has 8 nitrogen and oxygen atoms in total. The summed E-state index contributed by atoms with van der Waals surface area (Å²) in [5, 5.41) is 15.4. The topological polar surface area (TPSA) is 92.4 Å². The van der Waals surface area contributed by atoms with Crippen molar-refractivity contribution >= 4 is 16.9 Å². The molecule has 9 heteroatoms. The molecule has 35 heavy (non-hydrogen) atoms. The minimum absolute atomic E-state index is 0.124. The van der Waals surface area contributed by atoms with E-state index in [1.165, 1.54) is 0 Å². The van der Waals surface area contributed by atoms with Gasteiger partial charge in [0.1, 0.15) is 12.3 Å². The molecule has 0 aliphatic carbocycles. The summed E-state index contributed by atoms with van der Waals surface area (Å²) >= 11 is 0. The molecule has 1 aromatic carbocycles. The van der Waals surface area contributed by atoms with Crippen molar-refractivity contribution in [3.63, 3.8) is 0 Å². The predicted octanol–water partition coefficient (Wildman–Crippen LogP) is 1.91. The Hall–Kier alpha value is -3.04. The second-order valence-corrected chi connectivity index (χ2v) is 9.71. The van der Waals surface area contributed by atoms with Gasteiger partial charge in [-0.2, -0.15) is 0 Å². The number of benzene rings is 1. The van der Waals surface area contributed by atoms with Gasteiger partial charge in [-0.05, 0) is 43.4 Å². The lowest BCUT2D eigenvalue weighted by atomic mass is 9.76. The number of nitrogens with zero attached hydrogens (tertiary/aromatic N) is 4. The molecule has 2 saturated heterocycles. The summed E-state index contributed by atoms with van der Waals surface area (Å²) in [5.41, 5.74) is -0.0700. The summed E-state index contributed by atoms with van der Waals surface area (Å²) < 4.78 is 16.0. The molecule has 1 amide bonds. The molecule has 0 saturated carbocycles. The van der Waals surface area contributed by atoms with Crippen LogP contribution in [0.3, 0.4) is 0 Å². The Morgan fingerprint density at radius 2 is 1.94 bits per heavy atom. The maximum absolute atomic E-state index is 13.5. The number of likely N-dealkylation sites (tertiary alicyclic amines) is 1. The molecule has 186 valence electrons. The highest BCUT2D eigenvalue weighted by Crippen LogP contribution is 2.36. The number of amides is 1. The molecular formula is C26H32FN5O3. The molecule has 0 bridgehead atoms.